The Balaban J connectivity index is 1.45. The van der Waals surface area contributed by atoms with E-state index in [1.54, 1.807) is 7.11 Å². The van der Waals surface area contributed by atoms with Gasteiger partial charge >= 0.3 is 0 Å². The van der Waals surface area contributed by atoms with Gasteiger partial charge in [-0.1, -0.05) is 18.2 Å². The Hall–Kier alpha value is -3.32. The van der Waals surface area contributed by atoms with Crippen LogP contribution in [-0.4, -0.2) is 29.1 Å². The summed E-state index contributed by atoms with van der Waals surface area (Å²) in [4.78, 5) is 20.4. The first-order chi connectivity index (χ1) is 14.7. The molecule has 1 aliphatic rings. The largest absolute Gasteiger partial charge is 0.495 e. The lowest BCUT2D eigenvalue weighted by Gasteiger charge is -2.23. The summed E-state index contributed by atoms with van der Waals surface area (Å²) in [7, 11) is 1.62. The second kappa shape index (κ2) is 7.84. The van der Waals surface area contributed by atoms with Gasteiger partial charge in [-0.25, -0.2) is 4.98 Å². The van der Waals surface area contributed by atoms with Crippen molar-refractivity contribution in [1.82, 2.24) is 9.55 Å². The maximum absolute atomic E-state index is 12.6. The van der Waals surface area contributed by atoms with Crippen LogP contribution in [0.5, 0.6) is 5.75 Å². The van der Waals surface area contributed by atoms with Crippen LogP contribution in [0.25, 0.3) is 11.0 Å². The minimum Gasteiger partial charge on any atom is -0.495 e. The van der Waals surface area contributed by atoms with Crippen LogP contribution in [0.2, 0.25) is 0 Å². The van der Waals surface area contributed by atoms with E-state index in [9.17, 15) is 4.79 Å². The highest BCUT2D eigenvalue weighted by atomic mass is 32.1. The lowest BCUT2D eigenvalue weighted by molar-refractivity contribution is 0.103. The Bertz CT molecular complexity index is 1200. The number of aryl methyl sites for hydroxylation is 1. The van der Waals surface area contributed by atoms with Gasteiger partial charge in [-0.2, -0.15) is 0 Å². The van der Waals surface area contributed by atoms with E-state index in [2.05, 4.69) is 33.0 Å². The molecule has 7 heteroatoms. The quantitative estimate of drug-likeness (QED) is 0.519. The van der Waals surface area contributed by atoms with Gasteiger partial charge in [0.15, 0.2) is 0 Å². The number of para-hydroxylation sites is 2. The molecule has 0 saturated carbocycles. The lowest BCUT2D eigenvalue weighted by atomic mass is 10.2. The molecule has 30 heavy (non-hydrogen) atoms. The van der Waals surface area contributed by atoms with E-state index in [0.29, 0.717) is 16.3 Å². The first-order valence-electron chi connectivity index (χ1n) is 9.95. The highest BCUT2D eigenvalue weighted by molar-refractivity contribution is 7.12. The van der Waals surface area contributed by atoms with Crippen LogP contribution in [0, 0.1) is 0 Å². The number of amides is 1. The van der Waals surface area contributed by atoms with Gasteiger partial charge in [-0.05, 0) is 48.2 Å². The average Bonchev–Trinajstić information content (AvgIpc) is 3.37. The van der Waals surface area contributed by atoms with Crippen LogP contribution < -0.4 is 15.0 Å². The second-order valence-electron chi connectivity index (χ2n) is 7.26. The molecule has 0 aliphatic carbocycles. The van der Waals surface area contributed by atoms with Gasteiger partial charge < -0.3 is 19.5 Å². The molecule has 2 aromatic carbocycles. The van der Waals surface area contributed by atoms with E-state index in [1.807, 2.05) is 41.8 Å². The number of hydrogen-bond acceptors (Lipinski definition) is 5. The molecule has 1 aliphatic heterocycles. The van der Waals surface area contributed by atoms with Crippen molar-refractivity contribution in [2.24, 2.45) is 0 Å². The van der Waals surface area contributed by atoms with Crippen LogP contribution in [0.4, 0.5) is 11.4 Å². The molecular weight excluding hydrogens is 396 g/mol. The second-order valence-corrected chi connectivity index (χ2v) is 8.21. The number of carbonyl (C=O) groups excluding carboxylic acids is 1. The molecule has 0 spiro atoms. The van der Waals surface area contributed by atoms with Crippen LogP contribution >= 0.6 is 11.3 Å². The molecular formula is C23H22N4O2S. The number of fused-ring (bicyclic) bond motifs is 3. The monoisotopic (exact) mass is 418 g/mol. The number of ether oxygens (including phenoxy) is 1. The Kier molecular flexibility index (Phi) is 4.88. The Morgan fingerprint density at radius 1 is 1.13 bits per heavy atom. The number of benzene rings is 2. The highest BCUT2D eigenvalue weighted by Gasteiger charge is 2.20. The standard InChI is InChI=1S/C23H22N4O2S/c1-29-20-10-9-16(14-18(20)25-23(28)21-8-4-13-30-21)26-11-5-12-27-19-7-3-2-6-17(19)24-22(27)15-26/h2-4,6-10,13-14H,5,11-12,15H2,1H3,(H,25,28). The van der Waals surface area contributed by atoms with Crippen molar-refractivity contribution >= 4 is 39.7 Å². The fourth-order valence-electron chi connectivity index (χ4n) is 3.97. The van der Waals surface area contributed by atoms with Gasteiger partial charge in [-0.3, -0.25) is 4.79 Å². The summed E-state index contributed by atoms with van der Waals surface area (Å²) >= 11 is 1.42. The SMILES string of the molecule is COc1ccc(N2CCCn3c(nc4ccccc43)C2)cc1NC(=O)c1cccs1. The third-order valence-corrected chi connectivity index (χ3v) is 6.29. The third-order valence-electron chi connectivity index (χ3n) is 5.42. The fraction of sp³-hybridized carbons (Fsp3) is 0.217. The molecule has 5 rings (SSSR count). The zero-order chi connectivity index (χ0) is 20.5. The van der Waals surface area contributed by atoms with E-state index >= 15 is 0 Å². The molecule has 0 bridgehead atoms. The number of nitrogens with one attached hydrogen (secondary N) is 1. The number of imidazole rings is 1. The lowest BCUT2D eigenvalue weighted by Crippen LogP contribution is -2.23. The summed E-state index contributed by atoms with van der Waals surface area (Å²) in [5.74, 6) is 1.58. The first-order valence-corrected chi connectivity index (χ1v) is 10.8. The van der Waals surface area contributed by atoms with Crippen molar-refractivity contribution in [3.8, 4) is 5.75 Å². The number of thiophene rings is 1. The van der Waals surface area contributed by atoms with E-state index in [4.69, 9.17) is 9.72 Å². The maximum atomic E-state index is 12.6. The Morgan fingerprint density at radius 2 is 2.03 bits per heavy atom. The number of anilines is 2. The molecule has 1 amide bonds. The van der Waals surface area contributed by atoms with Gasteiger partial charge in [0.2, 0.25) is 0 Å². The molecule has 1 N–H and O–H groups in total. The van der Waals surface area contributed by atoms with Gasteiger partial charge in [-0.15, -0.1) is 11.3 Å². The molecule has 2 aromatic heterocycles. The number of carbonyl (C=O) groups is 1. The van der Waals surface area contributed by atoms with Gasteiger partial charge in [0.05, 0.1) is 35.3 Å². The molecule has 0 radical (unpaired) electrons. The van der Waals surface area contributed by atoms with Gasteiger partial charge in [0.1, 0.15) is 11.6 Å². The van der Waals surface area contributed by atoms with E-state index in [1.165, 1.54) is 16.9 Å². The zero-order valence-corrected chi connectivity index (χ0v) is 17.5. The maximum Gasteiger partial charge on any atom is 0.265 e. The number of aromatic nitrogens is 2. The van der Waals surface area contributed by atoms with E-state index in [0.717, 1.165) is 43.1 Å². The van der Waals surface area contributed by atoms with Gasteiger partial charge in [0.25, 0.3) is 5.91 Å². The minimum atomic E-state index is -0.127. The predicted octanol–water partition coefficient (Wildman–Crippen LogP) is 4.77. The van der Waals surface area contributed by atoms with Gasteiger partial charge in [0, 0.05) is 18.8 Å². The number of nitrogens with zero attached hydrogens (tertiary/aromatic N) is 3. The number of rotatable bonds is 4. The molecule has 6 nitrogen and oxygen atoms in total. The number of methoxy groups -OCH3 is 1. The van der Waals surface area contributed by atoms with Crippen LogP contribution in [-0.2, 0) is 13.1 Å². The summed E-state index contributed by atoms with van der Waals surface area (Å²) < 4.78 is 7.80. The van der Waals surface area contributed by atoms with Crippen molar-refractivity contribution in [2.45, 2.75) is 19.5 Å². The normalized spacial score (nSPS) is 13.7. The summed E-state index contributed by atoms with van der Waals surface area (Å²) in [5, 5.41) is 4.89. The molecule has 0 saturated heterocycles. The zero-order valence-electron chi connectivity index (χ0n) is 16.7. The highest BCUT2D eigenvalue weighted by Crippen LogP contribution is 2.32. The smallest absolute Gasteiger partial charge is 0.265 e. The third kappa shape index (κ3) is 3.41. The van der Waals surface area contributed by atoms with E-state index in [-0.39, 0.29) is 5.91 Å². The molecule has 3 heterocycles. The average molecular weight is 419 g/mol. The topological polar surface area (TPSA) is 59.4 Å². The predicted molar refractivity (Wildman–Crippen MR) is 121 cm³/mol. The van der Waals surface area contributed by atoms with Crippen molar-refractivity contribution in [3.05, 3.63) is 70.7 Å². The minimum absolute atomic E-state index is 0.127. The summed E-state index contributed by atoms with van der Waals surface area (Å²) in [6.45, 7) is 2.59. The van der Waals surface area contributed by atoms with Crippen molar-refractivity contribution in [3.63, 3.8) is 0 Å². The Morgan fingerprint density at radius 3 is 2.87 bits per heavy atom. The van der Waals surface area contributed by atoms with Crippen LogP contribution in [0.1, 0.15) is 21.9 Å². The van der Waals surface area contributed by atoms with Crippen molar-refractivity contribution < 1.29 is 9.53 Å². The van der Waals surface area contributed by atoms with Crippen molar-refractivity contribution in [1.29, 1.82) is 0 Å². The summed E-state index contributed by atoms with van der Waals surface area (Å²) in [5.41, 5.74) is 3.94. The molecule has 0 fully saturated rings. The van der Waals surface area contributed by atoms with E-state index < -0.39 is 0 Å². The number of hydrogen-bond donors (Lipinski definition) is 1. The van der Waals surface area contributed by atoms with Crippen LogP contribution in [0.15, 0.2) is 60.0 Å². The first kappa shape index (κ1) is 18.7. The van der Waals surface area contributed by atoms with Crippen LogP contribution in [0.3, 0.4) is 0 Å². The summed E-state index contributed by atoms with van der Waals surface area (Å²) in [6, 6.07) is 17.9. The van der Waals surface area contributed by atoms with Crippen molar-refractivity contribution in [2.75, 3.05) is 23.9 Å². The Labute approximate surface area is 178 Å². The molecule has 0 unspecified atom stereocenters. The fourth-order valence-corrected chi connectivity index (χ4v) is 4.59. The molecule has 0 atom stereocenters. The molecule has 4 aromatic rings. The molecule has 152 valence electrons. The summed E-state index contributed by atoms with van der Waals surface area (Å²) in [6.07, 6.45) is 1.02.